The average Bonchev–Trinajstić information content (AvgIpc) is 3.69. The number of amides is 1. The molecule has 204 valence electrons. The van der Waals surface area contributed by atoms with E-state index in [9.17, 15) is 9.59 Å². The lowest BCUT2D eigenvalue weighted by atomic mass is 10.0. The van der Waals surface area contributed by atoms with Gasteiger partial charge >= 0.3 is 0 Å². The highest BCUT2D eigenvalue weighted by Crippen LogP contribution is 2.34. The molecule has 39 heavy (non-hydrogen) atoms. The van der Waals surface area contributed by atoms with Crippen molar-refractivity contribution in [1.29, 1.82) is 0 Å². The molecule has 2 unspecified atom stereocenters. The van der Waals surface area contributed by atoms with Crippen LogP contribution in [0.15, 0.2) is 65.1 Å². The summed E-state index contributed by atoms with van der Waals surface area (Å²) in [6.45, 7) is 2.38. The zero-order valence-electron chi connectivity index (χ0n) is 22.2. The fourth-order valence-electron chi connectivity index (χ4n) is 4.92. The molecule has 1 amide bonds. The van der Waals surface area contributed by atoms with Crippen LogP contribution in [0.5, 0.6) is 11.5 Å². The van der Waals surface area contributed by atoms with Crippen molar-refractivity contribution in [1.82, 2.24) is 5.01 Å². The summed E-state index contributed by atoms with van der Waals surface area (Å²) in [6.07, 6.45) is 4.94. The largest absolute Gasteiger partial charge is 0.493 e. The summed E-state index contributed by atoms with van der Waals surface area (Å²) in [7, 11) is 1.64. The summed E-state index contributed by atoms with van der Waals surface area (Å²) in [5, 5.41) is 11.4. The van der Waals surface area contributed by atoms with Gasteiger partial charge in [-0.1, -0.05) is 25.1 Å². The topological polar surface area (TPSA) is 89.5 Å². The molecular weight excluding hydrogens is 514 g/mol. The molecule has 0 spiro atoms. The molecule has 0 bridgehead atoms. The number of methoxy groups -OCH3 is 1. The molecule has 1 fully saturated rings. The lowest BCUT2D eigenvalue weighted by Gasteiger charge is -2.35. The van der Waals surface area contributed by atoms with E-state index in [1.165, 1.54) is 24.2 Å². The molecule has 1 N–H and O–H groups in total. The van der Waals surface area contributed by atoms with Crippen molar-refractivity contribution in [2.75, 3.05) is 12.4 Å². The van der Waals surface area contributed by atoms with Crippen LogP contribution in [-0.4, -0.2) is 48.5 Å². The van der Waals surface area contributed by atoms with Crippen LogP contribution in [0.3, 0.4) is 0 Å². The van der Waals surface area contributed by atoms with Gasteiger partial charge in [-0.2, -0.15) is 5.10 Å². The normalized spacial score (nSPS) is 19.4. The second-order valence-electron chi connectivity index (χ2n) is 9.66. The number of hydrogen-bond acceptors (Lipinski definition) is 8. The Balaban J connectivity index is 1.36. The van der Waals surface area contributed by atoms with Crippen molar-refractivity contribution in [3.63, 3.8) is 0 Å². The molecule has 2 atom stereocenters. The van der Waals surface area contributed by atoms with Crippen molar-refractivity contribution in [3.8, 4) is 11.5 Å². The minimum absolute atomic E-state index is 0.140. The van der Waals surface area contributed by atoms with E-state index < -0.39 is 6.23 Å². The number of anilines is 1. The second-order valence-corrected chi connectivity index (χ2v) is 10.6. The van der Waals surface area contributed by atoms with Crippen molar-refractivity contribution in [2.24, 2.45) is 5.10 Å². The van der Waals surface area contributed by atoms with Gasteiger partial charge in [0.25, 0.3) is 5.91 Å². The van der Waals surface area contributed by atoms with E-state index in [2.05, 4.69) is 5.32 Å². The molecule has 1 aliphatic carbocycles. The number of benzene rings is 2. The predicted molar refractivity (Wildman–Crippen MR) is 152 cm³/mol. The molecule has 2 aliphatic rings. The fraction of sp³-hybridized carbons (Fsp3) is 0.367. The number of aldehydes is 1. The molecule has 0 radical (unpaired) electrons. The van der Waals surface area contributed by atoms with Gasteiger partial charge in [0.15, 0.2) is 17.8 Å². The van der Waals surface area contributed by atoms with Crippen molar-refractivity contribution >= 4 is 34.9 Å². The maximum Gasteiger partial charge on any atom is 0.265 e. The average molecular weight is 548 g/mol. The van der Waals surface area contributed by atoms with E-state index in [1.54, 1.807) is 18.2 Å². The van der Waals surface area contributed by atoms with E-state index in [1.807, 2.05) is 60.8 Å². The van der Waals surface area contributed by atoms with E-state index in [-0.39, 0.29) is 18.1 Å². The monoisotopic (exact) mass is 547 g/mol. The highest BCUT2D eigenvalue weighted by Gasteiger charge is 2.32. The van der Waals surface area contributed by atoms with Crippen LogP contribution >= 0.6 is 11.3 Å². The van der Waals surface area contributed by atoms with Gasteiger partial charge in [-0.3, -0.25) is 14.6 Å². The van der Waals surface area contributed by atoms with Crippen LogP contribution < -0.4 is 14.8 Å². The lowest BCUT2D eigenvalue weighted by Crippen LogP contribution is -2.45. The SMILES string of the molecule is CCC1OC(C=O)N(Cc2ccc(NC(=O)c3cccs3)cc2)N=C1c1ccc(OC)c(OC2CCCC2)c1. The van der Waals surface area contributed by atoms with Crippen LogP contribution in [0.2, 0.25) is 0 Å². The van der Waals surface area contributed by atoms with Gasteiger partial charge in [0.2, 0.25) is 6.23 Å². The highest BCUT2D eigenvalue weighted by molar-refractivity contribution is 7.12. The number of nitrogens with zero attached hydrogens (tertiary/aromatic N) is 2. The van der Waals surface area contributed by atoms with Gasteiger partial charge in [-0.15, -0.1) is 11.3 Å². The summed E-state index contributed by atoms with van der Waals surface area (Å²) < 4.78 is 18.0. The van der Waals surface area contributed by atoms with Crippen molar-refractivity contribution < 1.29 is 23.8 Å². The first-order valence-corrected chi connectivity index (χ1v) is 14.2. The van der Waals surface area contributed by atoms with Gasteiger partial charge in [-0.25, -0.2) is 0 Å². The number of hydrogen-bond donors (Lipinski definition) is 1. The lowest BCUT2D eigenvalue weighted by molar-refractivity contribution is -0.139. The van der Waals surface area contributed by atoms with Gasteiger partial charge in [0, 0.05) is 11.3 Å². The first-order chi connectivity index (χ1) is 19.1. The molecule has 3 aromatic rings. The van der Waals surface area contributed by atoms with Gasteiger partial charge < -0.3 is 19.5 Å². The van der Waals surface area contributed by atoms with Crippen LogP contribution in [0.25, 0.3) is 0 Å². The number of carbonyl (C=O) groups excluding carboxylic acids is 2. The molecule has 5 rings (SSSR count). The Bertz CT molecular complexity index is 1300. The van der Waals surface area contributed by atoms with Crippen molar-refractivity contribution in [2.45, 2.75) is 64.0 Å². The maximum atomic E-state index is 12.4. The third-order valence-corrected chi connectivity index (χ3v) is 7.85. The zero-order chi connectivity index (χ0) is 27.2. The fourth-order valence-corrected chi connectivity index (χ4v) is 5.54. The molecule has 1 aliphatic heterocycles. The standard InChI is InChI=1S/C30H33N3O5S/c1-3-24-29(21-12-15-25(36-2)26(17-21)37-23-7-4-5-8-23)32-33(28(19-34)38-24)18-20-10-13-22(14-11-20)31-30(35)27-9-6-16-39-27/h6,9-17,19,23-24,28H,3-5,7-8,18H2,1-2H3,(H,31,35). The van der Waals surface area contributed by atoms with E-state index in [0.717, 1.165) is 36.0 Å². The Morgan fingerprint density at radius 2 is 1.95 bits per heavy atom. The Labute approximate surface area is 232 Å². The zero-order valence-corrected chi connectivity index (χ0v) is 23.0. The van der Waals surface area contributed by atoms with Gasteiger partial charge in [-0.05, 0) is 79.4 Å². The minimum Gasteiger partial charge on any atom is -0.493 e. The number of thiophene rings is 1. The van der Waals surface area contributed by atoms with Gasteiger partial charge in [0.05, 0.1) is 30.3 Å². The predicted octanol–water partition coefficient (Wildman–Crippen LogP) is 5.87. The Morgan fingerprint density at radius 1 is 1.15 bits per heavy atom. The molecule has 8 nitrogen and oxygen atoms in total. The summed E-state index contributed by atoms with van der Waals surface area (Å²) in [5.74, 6) is 1.24. The molecule has 2 heterocycles. The van der Waals surface area contributed by atoms with Crippen molar-refractivity contribution in [3.05, 3.63) is 76.0 Å². The molecular formula is C30H33N3O5S. The van der Waals surface area contributed by atoms with Crippen LogP contribution in [-0.2, 0) is 16.1 Å². The summed E-state index contributed by atoms with van der Waals surface area (Å²) >= 11 is 1.39. The number of carbonyl (C=O) groups is 2. The third kappa shape index (κ3) is 6.32. The van der Waals surface area contributed by atoms with E-state index in [0.29, 0.717) is 35.0 Å². The smallest absolute Gasteiger partial charge is 0.265 e. The first-order valence-electron chi connectivity index (χ1n) is 13.3. The van der Waals surface area contributed by atoms with Crippen LogP contribution in [0.4, 0.5) is 5.69 Å². The van der Waals surface area contributed by atoms with E-state index >= 15 is 0 Å². The summed E-state index contributed by atoms with van der Waals surface area (Å²) in [6, 6.07) is 17.0. The highest BCUT2D eigenvalue weighted by atomic mass is 32.1. The first kappa shape index (κ1) is 26.9. The summed E-state index contributed by atoms with van der Waals surface area (Å²) in [5.41, 5.74) is 3.24. The quantitative estimate of drug-likeness (QED) is 0.319. The number of hydrazone groups is 1. The minimum atomic E-state index is -0.802. The third-order valence-electron chi connectivity index (χ3n) is 6.98. The van der Waals surface area contributed by atoms with Crippen LogP contribution in [0, 0.1) is 0 Å². The number of ether oxygens (including phenoxy) is 3. The Kier molecular flexibility index (Phi) is 8.58. The molecule has 1 saturated carbocycles. The van der Waals surface area contributed by atoms with Crippen LogP contribution in [0.1, 0.15) is 59.8 Å². The Hall–Kier alpha value is -3.69. The second kappa shape index (κ2) is 12.4. The molecule has 2 aromatic carbocycles. The number of rotatable bonds is 10. The molecule has 0 saturated heterocycles. The summed E-state index contributed by atoms with van der Waals surface area (Å²) in [4.78, 5) is 25.0. The van der Waals surface area contributed by atoms with Gasteiger partial charge in [0.1, 0.15) is 6.10 Å². The molecule has 9 heteroatoms. The maximum absolute atomic E-state index is 12.4. The van der Waals surface area contributed by atoms with E-state index in [4.69, 9.17) is 19.3 Å². The molecule has 1 aromatic heterocycles. The number of nitrogens with one attached hydrogen (secondary N) is 1. The Morgan fingerprint density at radius 3 is 2.62 bits per heavy atom.